The van der Waals surface area contributed by atoms with Gasteiger partial charge in [0.05, 0.1) is 0 Å². The van der Waals surface area contributed by atoms with Crippen LogP contribution in [0.4, 0.5) is 0 Å². The van der Waals surface area contributed by atoms with Crippen molar-refractivity contribution in [2.75, 3.05) is 0 Å². The van der Waals surface area contributed by atoms with Gasteiger partial charge in [-0.2, -0.15) is 0 Å². The van der Waals surface area contributed by atoms with E-state index >= 15 is 0 Å². The number of fused-ring (bicyclic) bond motifs is 7. The van der Waals surface area contributed by atoms with Gasteiger partial charge in [0.25, 0.3) is 0 Å². The molecule has 0 aliphatic carbocycles. The zero-order valence-corrected chi connectivity index (χ0v) is 27.5. The van der Waals surface area contributed by atoms with Gasteiger partial charge in [0.15, 0.2) is 11.2 Å². The van der Waals surface area contributed by atoms with Crippen molar-refractivity contribution >= 4 is 43.9 Å². The van der Waals surface area contributed by atoms with Crippen LogP contribution in [-0.2, 0) is 12.8 Å². The van der Waals surface area contributed by atoms with Crippen LogP contribution in [0.15, 0.2) is 90.5 Å². The molecule has 0 bridgehead atoms. The van der Waals surface area contributed by atoms with Gasteiger partial charge in [-0.25, -0.2) is 0 Å². The normalized spacial score (nSPS) is 12.0. The standard InChI is InChI=1S/C42H46O4/c1-3-5-7-9-11-13-15-31-19-25-37(43-31)29-17-23-39-35(27-29)33-21-22-34-36-28-30(18-24-40(36)46-42(34)41(33)45-39)38-26-20-32(44-38)16-14-12-10-8-6-4-2/h17-28H,3-16H2,1-2H3. The molecule has 0 aliphatic rings. The lowest BCUT2D eigenvalue weighted by atomic mass is 10.0. The van der Waals surface area contributed by atoms with E-state index in [-0.39, 0.29) is 0 Å². The summed E-state index contributed by atoms with van der Waals surface area (Å²) in [5.74, 6) is 3.94. The summed E-state index contributed by atoms with van der Waals surface area (Å²) in [5, 5.41) is 4.23. The molecule has 4 aromatic heterocycles. The van der Waals surface area contributed by atoms with Crippen molar-refractivity contribution in [3.05, 3.63) is 84.3 Å². The van der Waals surface area contributed by atoms with Crippen LogP contribution in [0.5, 0.6) is 0 Å². The lowest BCUT2D eigenvalue weighted by Crippen LogP contribution is -1.83. The lowest BCUT2D eigenvalue weighted by Gasteiger charge is -2.00. The molecule has 0 N–H and O–H groups in total. The van der Waals surface area contributed by atoms with Gasteiger partial charge < -0.3 is 17.7 Å². The predicted octanol–water partition coefficient (Wildman–Crippen LogP) is 13.8. The molecule has 0 spiro atoms. The van der Waals surface area contributed by atoms with Crippen molar-refractivity contribution in [3.63, 3.8) is 0 Å². The van der Waals surface area contributed by atoms with Crippen LogP contribution in [0.3, 0.4) is 0 Å². The molecule has 46 heavy (non-hydrogen) atoms. The van der Waals surface area contributed by atoms with Gasteiger partial charge in [-0.05, 0) is 85.6 Å². The topological polar surface area (TPSA) is 52.6 Å². The van der Waals surface area contributed by atoms with Crippen molar-refractivity contribution in [2.45, 2.75) is 104 Å². The summed E-state index contributed by atoms with van der Waals surface area (Å²) in [6, 6.07) is 25.4. The van der Waals surface area contributed by atoms with Gasteiger partial charge in [-0.3, -0.25) is 0 Å². The van der Waals surface area contributed by atoms with Crippen LogP contribution in [0, 0.1) is 0 Å². The number of rotatable bonds is 16. The van der Waals surface area contributed by atoms with Gasteiger partial charge in [-0.15, -0.1) is 0 Å². The number of furan rings is 4. The fraction of sp³-hybridized carbons (Fsp3) is 0.381. The van der Waals surface area contributed by atoms with E-state index in [0.717, 1.165) is 90.9 Å². The third-order valence-electron chi connectivity index (χ3n) is 9.52. The van der Waals surface area contributed by atoms with Crippen molar-refractivity contribution in [1.82, 2.24) is 0 Å². The monoisotopic (exact) mass is 614 g/mol. The second-order valence-corrected chi connectivity index (χ2v) is 13.0. The summed E-state index contributed by atoms with van der Waals surface area (Å²) in [6.07, 6.45) is 17.4. The third kappa shape index (κ3) is 6.40. The Labute approximate surface area is 271 Å². The first-order valence-electron chi connectivity index (χ1n) is 17.7. The minimum absolute atomic E-state index is 0.782. The summed E-state index contributed by atoms with van der Waals surface area (Å²) < 4.78 is 25.4. The molecule has 0 atom stereocenters. The van der Waals surface area contributed by atoms with E-state index in [1.165, 1.54) is 77.0 Å². The van der Waals surface area contributed by atoms with Crippen molar-refractivity contribution in [3.8, 4) is 22.6 Å². The second-order valence-electron chi connectivity index (χ2n) is 13.0. The van der Waals surface area contributed by atoms with Gasteiger partial charge in [0, 0.05) is 45.5 Å². The van der Waals surface area contributed by atoms with E-state index in [4.69, 9.17) is 17.7 Å². The van der Waals surface area contributed by atoms with Gasteiger partial charge in [0.2, 0.25) is 0 Å². The molecule has 4 heteroatoms. The van der Waals surface area contributed by atoms with Crippen LogP contribution in [-0.4, -0.2) is 0 Å². The number of benzene rings is 3. The average molecular weight is 615 g/mol. The molecule has 0 saturated carbocycles. The molecule has 0 amide bonds. The van der Waals surface area contributed by atoms with Crippen LogP contribution in [0.2, 0.25) is 0 Å². The van der Waals surface area contributed by atoms with Gasteiger partial charge in [-0.1, -0.05) is 78.1 Å². The van der Waals surface area contributed by atoms with E-state index in [9.17, 15) is 0 Å². The molecule has 0 aliphatic heterocycles. The Bertz CT molecular complexity index is 1900. The highest BCUT2D eigenvalue weighted by Gasteiger charge is 2.18. The Balaban J connectivity index is 1.10. The second kappa shape index (κ2) is 14.1. The number of unbranched alkanes of at least 4 members (excludes halogenated alkanes) is 10. The minimum Gasteiger partial charge on any atom is -0.461 e. The summed E-state index contributed by atoms with van der Waals surface area (Å²) in [7, 11) is 0. The average Bonchev–Trinajstić information content (AvgIpc) is 3.88. The lowest BCUT2D eigenvalue weighted by molar-refractivity contribution is 0.502. The van der Waals surface area contributed by atoms with Crippen molar-refractivity contribution in [2.24, 2.45) is 0 Å². The maximum Gasteiger partial charge on any atom is 0.178 e. The summed E-state index contributed by atoms with van der Waals surface area (Å²) in [5.41, 5.74) is 5.38. The minimum atomic E-state index is 0.782. The highest BCUT2D eigenvalue weighted by atomic mass is 16.4. The first-order chi connectivity index (χ1) is 22.7. The van der Waals surface area contributed by atoms with E-state index in [1.54, 1.807) is 0 Å². The van der Waals surface area contributed by atoms with Crippen LogP contribution in [0.1, 0.15) is 102 Å². The molecule has 3 aromatic carbocycles. The molecule has 7 rings (SSSR count). The first-order valence-corrected chi connectivity index (χ1v) is 17.7. The van der Waals surface area contributed by atoms with E-state index < -0.39 is 0 Å². The maximum atomic E-state index is 6.43. The van der Waals surface area contributed by atoms with Crippen molar-refractivity contribution < 1.29 is 17.7 Å². The molecule has 4 heterocycles. The highest BCUT2D eigenvalue weighted by molar-refractivity contribution is 6.19. The molecule has 238 valence electrons. The van der Waals surface area contributed by atoms with Crippen LogP contribution < -0.4 is 0 Å². The first kappa shape index (κ1) is 30.5. The largest absolute Gasteiger partial charge is 0.461 e. The van der Waals surface area contributed by atoms with Crippen molar-refractivity contribution in [1.29, 1.82) is 0 Å². The summed E-state index contributed by atoms with van der Waals surface area (Å²) >= 11 is 0. The highest BCUT2D eigenvalue weighted by Crippen LogP contribution is 2.41. The van der Waals surface area contributed by atoms with Crippen LogP contribution >= 0.6 is 0 Å². The fourth-order valence-corrected chi connectivity index (χ4v) is 6.87. The van der Waals surface area contributed by atoms with Crippen LogP contribution in [0.25, 0.3) is 66.5 Å². The molecule has 4 nitrogen and oxygen atoms in total. The predicted molar refractivity (Wildman–Crippen MR) is 191 cm³/mol. The Morgan fingerprint density at radius 1 is 0.391 bits per heavy atom. The zero-order valence-electron chi connectivity index (χ0n) is 27.5. The Kier molecular flexibility index (Phi) is 9.32. The smallest absolute Gasteiger partial charge is 0.178 e. The number of hydrogen-bond donors (Lipinski definition) is 0. The molecule has 0 radical (unpaired) electrons. The quantitative estimate of drug-likeness (QED) is 0.102. The Hall–Kier alpha value is -4.18. The van der Waals surface area contributed by atoms with Gasteiger partial charge >= 0.3 is 0 Å². The molecular weight excluding hydrogens is 568 g/mol. The number of hydrogen-bond acceptors (Lipinski definition) is 4. The third-order valence-corrected chi connectivity index (χ3v) is 9.52. The molecule has 0 saturated heterocycles. The SMILES string of the molecule is CCCCCCCCc1ccc(-c2ccc3oc4c(ccc5c6cc(-c7ccc(CCCCCCCC)o7)ccc6oc54)c3c2)o1. The van der Waals surface area contributed by atoms with E-state index in [1.807, 2.05) is 12.1 Å². The van der Waals surface area contributed by atoms with E-state index in [0.29, 0.717) is 0 Å². The fourth-order valence-electron chi connectivity index (χ4n) is 6.87. The maximum absolute atomic E-state index is 6.43. The summed E-state index contributed by atoms with van der Waals surface area (Å²) in [6.45, 7) is 4.52. The molecule has 0 fully saturated rings. The Morgan fingerprint density at radius 3 is 1.28 bits per heavy atom. The van der Waals surface area contributed by atoms with Gasteiger partial charge in [0.1, 0.15) is 34.2 Å². The zero-order chi connectivity index (χ0) is 31.3. The molecule has 7 aromatic rings. The molecular formula is C42H46O4. The molecule has 0 unspecified atom stereocenters. The summed E-state index contributed by atoms with van der Waals surface area (Å²) in [4.78, 5) is 0. The van der Waals surface area contributed by atoms with E-state index in [2.05, 4.69) is 74.5 Å². The number of aryl methyl sites for hydroxylation is 2. The Morgan fingerprint density at radius 2 is 0.826 bits per heavy atom.